The van der Waals surface area contributed by atoms with E-state index in [0.717, 1.165) is 24.5 Å². The van der Waals surface area contributed by atoms with E-state index in [1.165, 1.54) is 0 Å². The molecule has 1 N–H and O–H groups in total. The van der Waals surface area contributed by atoms with E-state index in [1.807, 2.05) is 34.0 Å². The lowest BCUT2D eigenvalue weighted by atomic mass is 10.3. The Morgan fingerprint density at radius 3 is 2.57 bits per heavy atom. The lowest BCUT2D eigenvalue weighted by Gasteiger charge is -2.16. The number of H-pyrrole nitrogens is 1. The molecule has 4 heteroatoms. The van der Waals surface area contributed by atoms with Gasteiger partial charge in [0.15, 0.2) is 0 Å². The molecule has 0 saturated carbocycles. The summed E-state index contributed by atoms with van der Waals surface area (Å²) in [4.78, 5) is 2.09. The molecule has 82 valence electrons. The van der Waals surface area contributed by atoms with E-state index in [0.29, 0.717) is 0 Å². The number of aryl methyl sites for hydroxylation is 1. The van der Waals surface area contributed by atoms with Crippen LogP contribution in [0.2, 0.25) is 0 Å². The second-order valence-electron chi connectivity index (χ2n) is 2.82. The van der Waals surface area contributed by atoms with Crippen LogP contribution in [0.1, 0.15) is 19.4 Å². The minimum Gasteiger partial charge on any atom is -0.383 e. The number of aromatic amines is 1. The second-order valence-corrected chi connectivity index (χ2v) is 2.82. The van der Waals surface area contributed by atoms with Gasteiger partial charge in [-0.05, 0) is 6.92 Å². The smallest absolute Gasteiger partial charge is 0.126 e. The Morgan fingerprint density at radius 2 is 2.14 bits per heavy atom. The van der Waals surface area contributed by atoms with Gasteiger partial charge in [0.2, 0.25) is 0 Å². The highest BCUT2D eigenvalue weighted by atomic mass is 16.5. The van der Waals surface area contributed by atoms with Crippen LogP contribution in [0.3, 0.4) is 0 Å². The van der Waals surface area contributed by atoms with Crippen LogP contribution in [-0.2, 0) is 4.74 Å². The minimum absolute atomic E-state index is 0.731. The van der Waals surface area contributed by atoms with Gasteiger partial charge in [0.25, 0.3) is 0 Å². The largest absolute Gasteiger partial charge is 0.383 e. The fourth-order valence-electron chi connectivity index (χ4n) is 1.07. The first-order valence-electron chi connectivity index (χ1n) is 4.95. The average Bonchev–Trinajstić information content (AvgIpc) is 2.64. The third-order valence-corrected chi connectivity index (χ3v) is 1.81. The molecule has 0 saturated heterocycles. The van der Waals surface area contributed by atoms with E-state index in [1.54, 1.807) is 7.11 Å². The molecule has 0 aliphatic rings. The molecule has 1 rings (SSSR count). The number of aromatic nitrogens is 2. The summed E-state index contributed by atoms with van der Waals surface area (Å²) in [6.07, 6.45) is 1.82. The molecule has 1 aromatic heterocycles. The standard InChI is InChI=1S/C8H15N3O.C2H6/c1-7-6-9-10-8(7)11(2)4-5-12-3;1-2/h6H,4-5H2,1-3H3,(H,9,10);1-2H3. The Kier molecular flexibility index (Phi) is 6.84. The first-order valence-corrected chi connectivity index (χ1v) is 4.95. The van der Waals surface area contributed by atoms with Gasteiger partial charge < -0.3 is 9.64 Å². The zero-order valence-corrected chi connectivity index (χ0v) is 9.79. The van der Waals surface area contributed by atoms with Crippen molar-refractivity contribution in [3.63, 3.8) is 0 Å². The maximum atomic E-state index is 4.97. The molecule has 1 heterocycles. The Hall–Kier alpha value is -1.03. The molecule has 0 amide bonds. The Bertz CT molecular complexity index is 235. The van der Waals surface area contributed by atoms with Crippen molar-refractivity contribution in [1.82, 2.24) is 10.2 Å². The third-order valence-electron chi connectivity index (χ3n) is 1.81. The highest BCUT2D eigenvalue weighted by Crippen LogP contribution is 2.12. The van der Waals surface area contributed by atoms with Crippen LogP contribution in [0.15, 0.2) is 6.20 Å². The highest BCUT2D eigenvalue weighted by Gasteiger charge is 2.04. The fourth-order valence-corrected chi connectivity index (χ4v) is 1.07. The van der Waals surface area contributed by atoms with Gasteiger partial charge in [-0.25, -0.2) is 0 Å². The van der Waals surface area contributed by atoms with Crippen molar-refractivity contribution in [2.75, 3.05) is 32.2 Å². The Morgan fingerprint density at radius 1 is 1.50 bits per heavy atom. The molecule has 0 spiro atoms. The van der Waals surface area contributed by atoms with E-state index in [9.17, 15) is 0 Å². The monoisotopic (exact) mass is 199 g/mol. The third kappa shape index (κ3) is 3.79. The van der Waals surface area contributed by atoms with E-state index in [4.69, 9.17) is 4.74 Å². The minimum atomic E-state index is 0.731. The summed E-state index contributed by atoms with van der Waals surface area (Å²) in [5.74, 6) is 1.06. The van der Waals surface area contributed by atoms with Gasteiger partial charge >= 0.3 is 0 Å². The van der Waals surface area contributed by atoms with Crippen LogP contribution in [0, 0.1) is 6.92 Å². The Balaban J connectivity index is 0.000000791. The molecule has 0 fully saturated rings. The van der Waals surface area contributed by atoms with E-state index >= 15 is 0 Å². The summed E-state index contributed by atoms with van der Waals surface area (Å²) in [7, 11) is 3.72. The number of rotatable bonds is 4. The van der Waals surface area contributed by atoms with E-state index < -0.39 is 0 Å². The van der Waals surface area contributed by atoms with Crippen molar-refractivity contribution in [2.24, 2.45) is 0 Å². The number of hydrogen-bond donors (Lipinski definition) is 1. The first-order chi connectivity index (χ1) is 6.75. The summed E-state index contributed by atoms with van der Waals surface area (Å²) >= 11 is 0. The number of methoxy groups -OCH3 is 1. The zero-order chi connectivity index (χ0) is 11.0. The van der Waals surface area contributed by atoms with Crippen molar-refractivity contribution in [1.29, 1.82) is 0 Å². The molecule has 4 nitrogen and oxygen atoms in total. The van der Waals surface area contributed by atoms with Gasteiger partial charge in [0.1, 0.15) is 5.82 Å². The van der Waals surface area contributed by atoms with Crippen LogP contribution >= 0.6 is 0 Å². The maximum absolute atomic E-state index is 4.97. The van der Waals surface area contributed by atoms with Crippen LogP contribution in [0.5, 0.6) is 0 Å². The van der Waals surface area contributed by atoms with Crippen molar-refractivity contribution in [3.05, 3.63) is 11.8 Å². The van der Waals surface area contributed by atoms with Gasteiger partial charge in [0, 0.05) is 26.3 Å². The van der Waals surface area contributed by atoms with Gasteiger partial charge in [-0.2, -0.15) is 5.10 Å². The number of nitrogens with one attached hydrogen (secondary N) is 1. The molecule has 0 radical (unpaired) electrons. The fraction of sp³-hybridized carbons (Fsp3) is 0.700. The van der Waals surface area contributed by atoms with Crippen LogP contribution in [-0.4, -0.2) is 37.5 Å². The summed E-state index contributed by atoms with van der Waals surface area (Å²) in [5.41, 5.74) is 1.16. The number of nitrogens with zero attached hydrogens (tertiary/aromatic N) is 2. The molecule has 0 aliphatic heterocycles. The number of anilines is 1. The number of hydrogen-bond acceptors (Lipinski definition) is 3. The second kappa shape index (κ2) is 7.38. The van der Waals surface area contributed by atoms with Crippen LogP contribution in [0.4, 0.5) is 5.82 Å². The van der Waals surface area contributed by atoms with Crippen molar-refractivity contribution in [2.45, 2.75) is 20.8 Å². The highest BCUT2D eigenvalue weighted by molar-refractivity contribution is 5.43. The molecule has 0 aliphatic carbocycles. The topological polar surface area (TPSA) is 41.1 Å². The van der Waals surface area contributed by atoms with E-state index in [-0.39, 0.29) is 0 Å². The maximum Gasteiger partial charge on any atom is 0.126 e. The first kappa shape index (κ1) is 13.0. The molecule has 0 bridgehead atoms. The van der Waals surface area contributed by atoms with Gasteiger partial charge in [-0.3, -0.25) is 5.10 Å². The molecule has 14 heavy (non-hydrogen) atoms. The summed E-state index contributed by atoms with van der Waals surface area (Å²) < 4.78 is 4.97. The number of ether oxygens (including phenoxy) is 1. The summed E-state index contributed by atoms with van der Waals surface area (Å²) in [6.45, 7) is 7.64. The molecular weight excluding hydrogens is 178 g/mol. The lowest BCUT2D eigenvalue weighted by molar-refractivity contribution is 0.206. The SMILES string of the molecule is CC.COCCN(C)c1[nH]ncc1C. The lowest BCUT2D eigenvalue weighted by Crippen LogP contribution is -2.22. The van der Waals surface area contributed by atoms with Gasteiger partial charge in [-0.1, -0.05) is 13.8 Å². The van der Waals surface area contributed by atoms with Gasteiger partial charge in [0.05, 0.1) is 12.8 Å². The average molecular weight is 199 g/mol. The number of likely N-dealkylation sites (N-methyl/N-ethyl adjacent to an activating group) is 1. The molecule has 0 atom stereocenters. The zero-order valence-electron chi connectivity index (χ0n) is 9.79. The van der Waals surface area contributed by atoms with Crippen molar-refractivity contribution < 1.29 is 4.74 Å². The van der Waals surface area contributed by atoms with Crippen LogP contribution < -0.4 is 4.90 Å². The van der Waals surface area contributed by atoms with Crippen molar-refractivity contribution >= 4 is 5.82 Å². The van der Waals surface area contributed by atoms with Crippen LogP contribution in [0.25, 0.3) is 0 Å². The Labute approximate surface area is 86.3 Å². The molecule has 0 unspecified atom stereocenters. The quantitative estimate of drug-likeness (QED) is 0.804. The molecule has 0 aromatic carbocycles. The normalized spacial score (nSPS) is 9.21. The molecular formula is C10H21N3O. The van der Waals surface area contributed by atoms with Crippen molar-refractivity contribution in [3.8, 4) is 0 Å². The van der Waals surface area contributed by atoms with E-state index in [2.05, 4.69) is 15.1 Å². The predicted molar refractivity (Wildman–Crippen MR) is 59.8 cm³/mol. The summed E-state index contributed by atoms with van der Waals surface area (Å²) in [6, 6.07) is 0. The van der Waals surface area contributed by atoms with Gasteiger partial charge in [-0.15, -0.1) is 0 Å². The predicted octanol–water partition coefficient (Wildman–Crippen LogP) is 1.83. The summed E-state index contributed by atoms with van der Waals surface area (Å²) in [5, 5.41) is 6.88. The molecule has 1 aromatic rings.